The van der Waals surface area contributed by atoms with Crippen molar-refractivity contribution in [1.29, 1.82) is 0 Å². The molecular weight excluding hydrogens is 264 g/mol. The first kappa shape index (κ1) is 17.4. The highest BCUT2D eigenvalue weighted by atomic mass is 16.2. The van der Waals surface area contributed by atoms with Gasteiger partial charge in [-0.05, 0) is 31.9 Å². The number of nitrogens with one attached hydrogen (secondary N) is 2. The van der Waals surface area contributed by atoms with Gasteiger partial charge in [-0.15, -0.1) is 10.2 Å². The van der Waals surface area contributed by atoms with E-state index in [2.05, 4.69) is 34.7 Å². The molecule has 5 heteroatoms. The Morgan fingerprint density at radius 3 is 2.57 bits per heavy atom. The molecule has 118 valence electrons. The number of nitrogens with zero attached hydrogens (tertiary/aromatic N) is 2. The molecule has 0 saturated carbocycles. The molecule has 21 heavy (non-hydrogen) atoms. The summed E-state index contributed by atoms with van der Waals surface area (Å²) in [4.78, 5) is 12.0. The molecule has 0 aromatic carbocycles. The number of rotatable bonds is 10. The van der Waals surface area contributed by atoms with Gasteiger partial charge in [0.15, 0.2) is 5.69 Å². The zero-order valence-corrected chi connectivity index (χ0v) is 13.5. The Morgan fingerprint density at radius 2 is 1.95 bits per heavy atom. The molecule has 0 aliphatic heterocycles. The van der Waals surface area contributed by atoms with Gasteiger partial charge in [0.05, 0.1) is 0 Å². The number of anilines is 1. The first-order valence-electron chi connectivity index (χ1n) is 8.05. The summed E-state index contributed by atoms with van der Waals surface area (Å²) in [6, 6.07) is 3.68. The number of unbranched alkanes of at least 4 members (excludes halogenated alkanes) is 3. The molecule has 1 heterocycles. The van der Waals surface area contributed by atoms with Crippen molar-refractivity contribution in [2.24, 2.45) is 0 Å². The minimum atomic E-state index is -0.146. The zero-order chi connectivity index (χ0) is 15.5. The summed E-state index contributed by atoms with van der Waals surface area (Å²) in [6.45, 7) is 7.18. The minimum absolute atomic E-state index is 0.146. The molecule has 0 spiro atoms. The number of aromatic nitrogens is 2. The van der Waals surface area contributed by atoms with E-state index >= 15 is 0 Å². The van der Waals surface area contributed by atoms with Gasteiger partial charge in [-0.3, -0.25) is 4.79 Å². The average molecular weight is 292 g/mol. The fraction of sp³-hybridized carbons (Fsp3) is 0.688. The molecule has 1 aromatic rings. The molecule has 1 rings (SSSR count). The average Bonchev–Trinajstić information content (AvgIpc) is 2.50. The second-order valence-electron chi connectivity index (χ2n) is 5.45. The van der Waals surface area contributed by atoms with Gasteiger partial charge >= 0.3 is 0 Å². The van der Waals surface area contributed by atoms with E-state index in [9.17, 15) is 4.79 Å². The van der Waals surface area contributed by atoms with Crippen molar-refractivity contribution < 1.29 is 4.79 Å². The van der Waals surface area contributed by atoms with Gasteiger partial charge in [-0.2, -0.15) is 0 Å². The van der Waals surface area contributed by atoms with E-state index in [0.29, 0.717) is 11.5 Å². The summed E-state index contributed by atoms with van der Waals surface area (Å²) in [5.74, 6) is 0.563. The van der Waals surface area contributed by atoms with Crippen LogP contribution < -0.4 is 10.6 Å². The van der Waals surface area contributed by atoms with Gasteiger partial charge in [0, 0.05) is 12.6 Å². The summed E-state index contributed by atoms with van der Waals surface area (Å²) in [5.41, 5.74) is 0.373. The van der Waals surface area contributed by atoms with Crippen LogP contribution in [0.4, 0.5) is 5.82 Å². The molecule has 0 bridgehead atoms. The van der Waals surface area contributed by atoms with E-state index in [0.717, 1.165) is 25.8 Å². The molecule has 0 saturated heterocycles. The highest BCUT2D eigenvalue weighted by molar-refractivity contribution is 5.92. The standard InChI is InChI=1S/C16H28N4O/c1-4-6-7-8-9-13(3)18-16(21)14-10-11-15(20-19-14)17-12-5-2/h10-11,13H,4-9,12H2,1-3H3,(H,17,20)(H,18,21). The molecule has 1 amide bonds. The maximum absolute atomic E-state index is 12.0. The van der Waals surface area contributed by atoms with Crippen LogP contribution in [0.25, 0.3) is 0 Å². The molecule has 0 fully saturated rings. The third-order valence-electron chi connectivity index (χ3n) is 3.32. The van der Waals surface area contributed by atoms with Gasteiger partial charge in [0.2, 0.25) is 0 Å². The van der Waals surface area contributed by atoms with Crippen LogP contribution in [-0.2, 0) is 0 Å². The van der Waals surface area contributed by atoms with Crippen LogP contribution in [0.1, 0.15) is 69.8 Å². The van der Waals surface area contributed by atoms with Crippen LogP contribution in [0.3, 0.4) is 0 Å². The quantitative estimate of drug-likeness (QED) is 0.649. The van der Waals surface area contributed by atoms with Crippen molar-refractivity contribution in [3.05, 3.63) is 17.8 Å². The van der Waals surface area contributed by atoms with Gasteiger partial charge in [0.25, 0.3) is 5.91 Å². The first-order valence-corrected chi connectivity index (χ1v) is 8.05. The van der Waals surface area contributed by atoms with Crippen LogP contribution in [0, 0.1) is 0 Å². The van der Waals surface area contributed by atoms with Crippen LogP contribution in [0.2, 0.25) is 0 Å². The summed E-state index contributed by atoms with van der Waals surface area (Å²) >= 11 is 0. The summed E-state index contributed by atoms with van der Waals surface area (Å²) in [6.07, 6.45) is 6.91. The van der Waals surface area contributed by atoms with Crippen molar-refractivity contribution in [3.63, 3.8) is 0 Å². The number of hydrogen-bond donors (Lipinski definition) is 2. The number of carbonyl (C=O) groups is 1. The predicted molar refractivity (Wildman–Crippen MR) is 86.5 cm³/mol. The largest absolute Gasteiger partial charge is 0.369 e. The van der Waals surface area contributed by atoms with E-state index < -0.39 is 0 Å². The van der Waals surface area contributed by atoms with Gasteiger partial charge in [0.1, 0.15) is 5.82 Å². The smallest absolute Gasteiger partial charge is 0.272 e. The fourth-order valence-corrected chi connectivity index (χ4v) is 2.05. The summed E-state index contributed by atoms with van der Waals surface area (Å²) < 4.78 is 0. The Kier molecular flexibility index (Phi) is 8.40. The maximum atomic E-state index is 12.0. The van der Waals surface area contributed by atoms with E-state index in [1.54, 1.807) is 12.1 Å². The van der Waals surface area contributed by atoms with E-state index in [1.807, 2.05) is 6.92 Å². The molecule has 1 atom stereocenters. The highest BCUT2D eigenvalue weighted by Crippen LogP contribution is 2.06. The number of hydrogen-bond acceptors (Lipinski definition) is 4. The molecule has 0 aliphatic carbocycles. The zero-order valence-electron chi connectivity index (χ0n) is 13.5. The fourth-order valence-electron chi connectivity index (χ4n) is 2.05. The van der Waals surface area contributed by atoms with Gasteiger partial charge in [-0.25, -0.2) is 0 Å². The third kappa shape index (κ3) is 7.06. The van der Waals surface area contributed by atoms with E-state index in [1.165, 1.54) is 19.3 Å². The second-order valence-corrected chi connectivity index (χ2v) is 5.45. The van der Waals surface area contributed by atoms with Gasteiger partial charge in [-0.1, -0.05) is 39.5 Å². The summed E-state index contributed by atoms with van der Waals surface area (Å²) in [7, 11) is 0. The lowest BCUT2D eigenvalue weighted by Crippen LogP contribution is -2.33. The van der Waals surface area contributed by atoms with E-state index in [4.69, 9.17) is 0 Å². The SMILES string of the molecule is CCCCCCC(C)NC(=O)c1ccc(NCCC)nn1. The molecule has 0 aliphatic rings. The summed E-state index contributed by atoms with van der Waals surface area (Å²) in [5, 5.41) is 14.1. The normalized spacial score (nSPS) is 12.0. The molecular formula is C16H28N4O. The second kappa shape index (κ2) is 10.1. The lowest BCUT2D eigenvalue weighted by atomic mass is 10.1. The molecule has 5 nitrogen and oxygen atoms in total. The van der Waals surface area contributed by atoms with Crippen molar-refractivity contribution in [2.75, 3.05) is 11.9 Å². The minimum Gasteiger partial charge on any atom is -0.369 e. The number of carbonyl (C=O) groups excluding carboxylic acids is 1. The van der Waals surface area contributed by atoms with Crippen molar-refractivity contribution in [2.45, 2.75) is 65.3 Å². The molecule has 1 unspecified atom stereocenters. The van der Waals surface area contributed by atoms with Crippen LogP contribution in [0.5, 0.6) is 0 Å². The van der Waals surface area contributed by atoms with Crippen molar-refractivity contribution in [3.8, 4) is 0 Å². The van der Waals surface area contributed by atoms with Gasteiger partial charge < -0.3 is 10.6 Å². The Hall–Kier alpha value is -1.65. The monoisotopic (exact) mass is 292 g/mol. The molecule has 1 aromatic heterocycles. The van der Waals surface area contributed by atoms with Crippen LogP contribution >= 0.6 is 0 Å². The number of amides is 1. The first-order chi connectivity index (χ1) is 10.2. The molecule has 2 N–H and O–H groups in total. The Labute approximate surface area is 127 Å². The Balaban J connectivity index is 2.36. The topological polar surface area (TPSA) is 66.9 Å². The molecule has 0 radical (unpaired) electrons. The third-order valence-corrected chi connectivity index (χ3v) is 3.32. The Bertz CT molecular complexity index is 405. The Morgan fingerprint density at radius 1 is 1.14 bits per heavy atom. The van der Waals surface area contributed by atoms with Crippen LogP contribution in [-0.4, -0.2) is 28.7 Å². The van der Waals surface area contributed by atoms with Crippen LogP contribution in [0.15, 0.2) is 12.1 Å². The van der Waals surface area contributed by atoms with E-state index in [-0.39, 0.29) is 11.9 Å². The van der Waals surface area contributed by atoms with Crippen molar-refractivity contribution in [1.82, 2.24) is 15.5 Å². The highest BCUT2D eigenvalue weighted by Gasteiger charge is 2.11. The lowest BCUT2D eigenvalue weighted by Gasteiger charge is -2.13. The van der Waals surface area contributed by atoms with Crippen molar-refractivity contribution >= 4 is 11.7 Å². The lowest BCUT2D eigenvalue weighted by molar-refractivity contribution is 0.0932. The maximum Gasteiger partial charge on any atom is 0.272 e. The predicted octanol–water partition coefficient (Wildman–Crippen LogP) is 3.39.